The maximum absolute atomic E-state index is 4.85. The quantitative estimate of drug-likeness (QED) is 0.0634. The number of hydrogen-bond acceptors (Lipinski definition) is 4. The van der Waals surface area contributed by atoms with Gasteiger partial charge >= 0.3 is 0 Å². The Morgan fingerprint density at radius 1 is 0.297 bits per heavy atom. The summed E-state index contributed by atoms with van der Waals surface area (Å²) in [6.45, 7) is 27.1. The molecule has 0 spiro atoms. The van der Waals surface area contributed by atoms with Crippen LogP contribution in [0.15, 0.2) is 304 Å². The number of benzene rings is 12. The van der Waals surface area contributed by atoms with Crippen LogP contribution in [0.25, 0.3) is 113 Å². The summed E-state index contributed by atoms with van der Waals surface area (Å²) in [5.41, 5.74) is 33.5. The zero-order chi connectivity index (χ0) is 86.0. The van der Waals surface area contributed by atoms with Crippen LogP contribution in [0.2, 0.25) is 0 Å². The molecule has 12 aromatic carbocycles. The maximum atomic E-state index is 4.85. The van der Waals surface area contributed by atoms with Gasteiger partial charge in [-0.2, -0.15) is 0 Å². The summed E-state index contributed by atoms with van der Waals surface area (Å²) in [5.74, 6) is 6.94. The van der Waals surface area contributed by atoms with E-state index in [-0.39, 0.29) is 80.4 Å². The van der Waals surface area contributed by atoms with E-state index in [1.165, 1.54) is 187 Å². The Morgan fingerprint density at radius 3 is 0.883 bits per heavy atom. The number of nitrogens with zero attached hydrogens (tertiary/aromatic N) is 8. The first-order chi connectivity index (χ1) is 60.6. The van der Waals surface area contributed by atoms with Crippen LogP contribution in [0.3, 0.4) is 0 Å². The minimum absolute atomic E-state index is 0. The molecule has 4 radical (unpaired) electrons. The fraction of sp³-hybridized carbons (Fsp3) is 0.276. The van der Waals surface area contributed by atoms with Crippen molar-refractivity contribution in [3.63, 3.8) is 0 Å². The molecule has 0 amide bonds. The first kappa shape index (κ1) is 98.7. The van der Waals surface area contributed by atoms with Gasteiger partial charge in [-0.15, -0.1) is 144 Å². The van der Waals surface area contributed by atoms with E-state index in [0.29, 0.717) is 35.5 Å². The molecule has 0 atom stereocenters. The molecule has 18 rings (SSSR count). The topological polar surface area (TPSA) is 71.3 Å². The Kier molecular flexibility index (Phi) is 36.7. The summed E-state index contributed by atoms with van der Waals surface area (Å²) in [7, 11) is 0. The zero-order valence-corrected chi connectivity index (χ0v) is 85.7. The van der Waals surface area contributed by atoms with Crippen molar-refractivity contribution in [2.75, 3.05) is 0 Å². The normalized spacial score (nSPS) is 12.6. The summed E-state index contributed by atoms with van der Waals surface area (Å²) >= 11 is 0. The summed E-state index contributed by atoms with van der Waals surface area (Å²) in [6.07, 6.45) is 33.3. The largest absolute Gasteiger partial charge is 0.340 e. The van der Waals surface area contributed by atoms with Gasteiger partial charge in [0, 0.05) is 153 Å². The molecule has 0 bridgehead atoms. The Morgan fingerprint density at radius 2 is 0.578 bits per heavy atom. The Hall–Kier alpha value is -9.92. The van der Waals surface area contributed by atoms with Gasteiger partial charge < -0.3 is 18.3 Å². The molecule has 0 aliphatic heterocycles. The number of rotatable bonds is 22. The van der Waals surface area contributed by atoms with Crippen LogP contribution in [-0.2, 0) is 106 Å². The number of aryl methyl sites for hydroxylation is 4. The van der Waals surface area contributed by atoms with Crippen molar-refractivity contribution in [2.45, 2.75) is 197 Å². The summed E-state index contributed by atoms with van der Waals surface area (Å²) < 4.78 is 9.14. The van der Waals surface area contributed by atoms with Gasteiger partial charge in [-0.3, -0.25) is 19.9 Å². The molecule has 0 N–H and O–H groups in total. The van der Waals surface area contributed by atoms with Gasteiger partial charge in [0.2, 0.25) is 0 Å². The first-order valence-electron chi connectivity index (χ1n) is 45.5. The van der Waals surface area contributed by atoms with Gasteiger partial charge in [-0.1, -0.05) is 228 Å². The number of imidazole rings is 4. The van der Waals surface area contributed by atoms with Crippen LogP contribution in [0.5, 0.6) is 0 Å². The van der Waals surface area contributed by atoms with Gasteiger partial charge in [0.25, 0.3) is 0 Å². The van der Waals surface area contributed by atoms with E-state index in [1.54, 1.807) is 0 Å². The summed E-state index contributed by atoms with van der Waals surface area (Å²) in [6, 6.07) is 104. The van der Waals surface area contributed by atoms with E-state index in [2.05, 4.69) is 343 Å². The van der Waals surface area contributed by atoms with Crippen molar-refractivity contribution < 1.29 is 80.4 Å². The third-order valence-electron chi connectivity index (χ3n) is 24.4. The molecule has 16 aromatic rings. The van der Waals surface area contributed by atoms with Gasteiger partial charge in [0.15, 0.2) is 0 Å². The zero-order valence-electron chi connectivity index (χ0n) is 76.1. The van der Waals surface area contributed by atoms with Crippen molar-refractivity contribution in [1.29, 1.82) is 0 Å². The van der Waals surface area contributed by atoms with Crippen LogP contribution < -0.4 is 0 Å². The molecule has 2 aliphatic rings. The van der Waals surface area contributed by atoms with Crippen LogP contribution in [0, 0.1) is 49.9 Å². The van der Waals surface area contributed by atoms with E-state index < -0.39 is 0 Å². The third-order valence-corrected chi connectivity index (χ3v) is 24.4. The average Bonchev–Trinajstić information content (AvgIpc) is 1.12. The van der Waals surface area contributed by atoms with Crippen LogP contribution >= 0.6 is 0 Å². The molecular formula is C116H120Ir4N8-4. The van der Waals surface area contributed by atoms with Crippen molar-refractivity contribution >= 4 is 0 Å². The molecule has 8 nitrogen and oxygen atoms in total. The minimum atomic E-state index is 0. The van der Waals surface area contributed by atoms with Gasteiger partial charge in [0.1, 0.15) is 0 Å². The molecule has 12 heteroatoms. The first-order valence-corrected chi connectivity index (χ1v) is 45.5. The molecule has 0 unspecified atom stereocenters. The second-order valence-electron chi connectivity index (χ2n) is 35.2. The predicted molar refractivity (Wildman–Crippen MR) is 518 cm³/mol. The molecule has 664 valence electrons. The molecule has 4 aromatic heterocycles. The van der Waals surface area contributed by atoms with E-state index >= 15 is 0 Å². The minimum Gasteiger partial charge on any atom is -0.340 e. The van der Waals surface area contributed by atoms with Crippen LogP contribution in [-0.4, -0.2) is 38.2 Å². The SMILES string of the molecule is CC(C)Cc1cc(-c2ccccc2)cc(CC(C)C)c1-n1ccnc1-c1[c-]cccc1.CCc1cc(-c2ccccc2)cc(CC)c1-n1ccnc1-c1[c-]cccc1.Cc1cc(C)cc(-c2cc(C(C)C)c(-n3ccnc3-c3[c-]cccc3)c(C(C)C)c2)c1.[Ir].[Ir].[Ir].[Ir].[c-]1ccccc1-c1nccn1-c1c(C2CCCCC2)cc(-c2ccccc2)cc1C1CCCCC1. The van der Waals surface area contributed by atoms with E-state index in [0.717, 1.165) is 71.2 Å². The smallest absolute Gasteiger partial charge is 0.0602 e. The maximum Gasteiger partial charge on any atom is 0.0602 e. The van der Waals surface area contributed by atoms with Crippen LogP contribution in [0.4, 0.5) is 0 Å². The van der Waals surface area contributed by atoms with Crippen molar-refractivity contribution in [1.82, 2.24) is 38.2 Å². The predicted octanol–water partition coefficient (Wildman–Crippen LogP) is 30.5. The summed E-state index contributed by atoms with van der Waals surface area (Å²) in [5, 5.41) is 0. The standard InChI is InChI=1S/C33H35N2.2C29H31N2.C25H23N2.4Ir/c1-5-13-25(14-6-1)29-23-30(26-15-7-2-8-16-26)32(31(24-29)27-17-9-3-10-18-27)35-22-21-34-33(35)28-19-11-4-12-20-28;1-19(2)26-17-25(24-15-21(5)14-22(6)16-24)18-27(20(3)4)28(26)31-13-12-30-29(31)23-10-8-7-9-11-23;1-21(2)17-26-19-25(23-11-7-5-8-12-23)20-27(18-22(3)4)28(26)31-16-15-30-29(31)24-13-9-6-10-14-24;1-3-19-17-23(21-11-7-5-8-12-21)18-20(4-2)24(19)27-16-15-26-25(27)22-13-9-6-10-14-22;;;;/h1,4-6,11-14,19,21-24,26-27H,2-3,7-10,15-18H2;7-10,12-20H,1-6H3;5-13,15-16,19-22H,17-18H2,1-4H3;5-13,15-18H,3-4H2,1-2H3;;;;/q4*-1;;;;. The summed E-state index contributed by atoms with van der Waals surface area (Å²) in [4.78, 5) is 18.9. The molecule has 128 heavy (non-hydrogen) atoms. The van der Waals surface area contributed by atoms with Gasteiger partial charge in [-0.05, 0) is 238 Å². The van der Waals surface area contributed by atoms with E-state index in [4.69, 9.17) is 15.0 Å². The molecule has 0 saturated heterocycles. The second kappa shape index (κ2) is 47.6. The second-order valence-corrected chi connectivity index (χ2v) is 35.2. The number of aromatic nitrogens is 8. The molecule has 2 saturated carbocycles. The number of hydrogen-bond donors (Lipinski definition) is 0. The third kappa shape index (κ3) is 23.8. The average molecular weight is 2400 g/mol. The van der Waals surface area contributed by atoms with Crippen molar-refractivity contribution in [2.24, 2.45) is 11.8 Å². The van der Waals surface area contributed by atoms with E-state index in [1.807, 2.05) is 91.5 Å². The van der Waals surface area contributed by atoms with Crippen LogP contribution in [0.1, 0.15) is 213 Å². The van der Waals surface area contributed by atoms with Gasteiger partial charge in [-0.25, -0.2) is 0 Å². The van der Waals surface area contributed by atoms with Crippen molar-refractivity contribution in [3.8, 4) is 113 Å². The van der Waals surface area contributed by atoms with Crippen molar-refractivity contribution in [3.05, 3.63) is 384 Å². The van der Waals surface area contributed by atoms with Gasteiger partial charge in [0.05, 0.1) is 23.3 Å². The van der Waals surface area contributed by atoms with E-state index in [9.17, 15) is 0 Å². The fourth-order valence-electron chi connectivity index (χ4n) is 18.7. The molecule has 2 fully saturated rings. The fourth-order valence-corrected chi connectivity index (χ4v) is 18.7. The molecule has 2 aliphatic carbocycles. The Labute approximate surface area is 816 Å². The molecular weight excluding hydrogens is 2270 g/mol. The Balaban J connectivity index is 0.000000164. The monoisotopic (exact) mass is 2400 g/mol. The molecule has 4 heterocycles. The Bertz CT molecular complexity index is 5970.